The number of ketones is 1. The van der Waals surface area contributed by atoms with Gasteiger partial charge in [-0.15, -0.1) is 0 Å². The van der Waals surface area contributed by atoms with E-state index < -0.39 is 35.6 Å². The van der Waals surface area contributed by atoms with Crippen molar-refractivity contribution in [3.63, 3.8) is 0 Å². The predicted molar refractivity (Wildman–Crippen MR) is 107 cm³/mol. The minimum Gasteiger partial charge on any atom is -0.444 e. The Morgan fingerprint density at radius 1 is 1.10 bits per heavy atom. The third-order valence-corrected chi connectivity index (χ3v) is 3.60. The van der Waals surface area contributed by atoms with Gasteiger partial charge >= 0.3 is 24.4 Å². The minimum absolute atomic E-state index is 0.197. The first kappa shape index (κ1) is 24.5. The van der Waals surface area contributed by atoms with E-state index in [1.807, 2.05) is 0 Å². The summed E-state index contributed by atoms with van der Waals surface area (Å²) >= 11 is 0. The van der Waals surface area contributed by atoms with E-state index in [4.69, 9.17) is 10.3 Å². The highest BCUT2D eigenvalue weighted by atomic mass is 16.6. The van der Waals surface area contributed by atoms with Gasteiger partial charge in [0.05, 0.1) is 5.56 Å². The highest BCUT2D eigenvalue weighted by Crippen LogP contribution is 2.08. The minimum atomic E-state index is -0.942. The summed E-state index contributed by atoms with van der Waals surface area (Å²) < 4.78 is 9.79. The molecule has 2 amide bonds. The van der Waals surface area contributed by atoms with Crippen LogP contribution in [0, 0.1) is 0 Å². The van der Waals surface area contributed by atoms with Crippen LogP contribution in [0.25, 0.3) is 5.53 Å². The standard InChI is InChI=1S/C20H26N4O6/c1-20(2,3)30-19(28)24-15(16(25)13-23-21)11-7-8-12-22-18(27)29-17(26)14-9-5-4-6-10-14/h4-6,9-10,13,15H,7-8,11-12H2,1-3H3,(H,22,27)(H,24,28)/t15-/m0/s1. The van der Waals surface area contributed by atoms with Crippen molar-refractivity contribution < 1.29 is 33.4 Å². The molecule has 0 saturated heterocycles. The molecule has 0 radical (unpaired) electrons. The number of nitrogens with zero attached hydrogens (tertiary/aromatic N) is 2. The van der Waals surface area contributed by atoms with Gasteiger partial charge in [0, 0.05) is 6.54 Å². The van der Waals surface area contributed by atoms with Gasteiger partial charge < -0.3 is 25.6 Å². The third-order valence-electron chi connectivity index (χ3n) is 3.60. The van der Waals surface area contributed by atoms with Crippen molar-refractivity contribution in [2.24, 2.45) is 0 Å². The molecule has 0 aliphatic rings. The van der Waals surface area contributed by atoms with Crippen molar-refractivity contribution in [2.75, 3.05) is 6.54 Å². The molecule has 0 aliphatic heterocycles. The molecule has 1 aromatic carbocycles. The van der Waals surface area contributed by atoms with Crippen LogP contribution in [-0.4, -0.2) is 53.1 Å². The number of carbonyl (C=O) groups is 4. The zero-order chi connectivity index (χ0) is 22.6. The summed E-state index contributed by atoms with van der Waals surface area (Å²) in [6, 6.07) is 7.15. The average Bonchev–Trinajstić information content (AvgIpc) is 2.66. The summed E-state index contributed by atoms with van der Waals surface area (Å²) in [6.07, 6.45) is 0.170. The molecule has 0 saturated carbocycles. The summed E-state index contributed by atoms with van der Waals surface area (Å²) in [7, 11) is 0. The van der Waals surface area contributed by atoms with E-state index in [1.54, 1.807) is 39.0 Å². The first-order valence-electron chi connectivity index (χ1n) is 9.38. The predicted octanol–water partition coefficient (Wildman–Crippen LogP) is 2.49. The number of Topliss-reactive ketones (excluding diaryl/α,β-unsaturated/α-hetero) is 1. The Morgan fingerprint density at radius 3 is 2.37 bits per heavy atom. The van der Waals surface area contributed by atoms with Crippen molar-refractivity contribution in [1.82, 2.24) is 10.6 Å². The van der Waals surface area contributed by atoms with Gasteiger partial charge in [0.25, 0.3) is 5.78 Å². The van der Waals surface area contributed by atoms with E-state index in [9.17, 15) is 19.2 Å². The van der Waals surface area contributed by atoms with Gasteiger partial charge in [-0.05, 0) is 52.2 Å². The molecule has 0 aromatic heterocycles. The lowest BCUT2D eigenvalue weighted by molar-refractivity contribution is -0.118. The Kier molecular flexibility index (Phi) is 9.91. The Balaban J connectivity index is 2.40. The zero-order valence-electron chi connectivity index (χ0n) is 17.2. The first-order valence-corrected chi connectivity index (χ1v) is 9.38. The Labute approximate surface area is 174 Å². The van der Waals surface area contributed by atoms with Gasteiger partial charge in [0.15, 0.2) is 0 Å². The number of hydrogen-bond donors (Lipinski definition) is 2. The van der Waals surface area contributed by atoms with Gasteiger partial charge in [0.2, 0.25) is 0 Å². The van der Waals surface area contributed by atoms with Crippen molar-refractivity contribution in [3.05, 3.63) is 41.4 Å². The van der Waals surface area contributed by atoms with Crippen LogP contribution < -0.4 is 10.6 Å². The van der Waals surface area contributed by atoms with Crippen LogP contribution in [0.4, 0.5) is 9.59 Å². The van der Waals surface area contributed by atoms with Crippen molar-refractivity contribution in [3.8, 4) is 0 Å². The van der Waals surface area contributed by atoms with E-state index in [-0.39, 0.29) is 18.5 Å². The number of alkyl carbamates (subject to hydrolysis) is 2. The second kappa shape index (κ2) is 12.1. The molecule has 30 heavy (non-hydrogen) atoms. The van der Waals surface area contributed by atoms with Gasteiger partial charge in [0.1, 0.15) is 11.6 Å². The maximum atomic E-state index is 12.0. The van der Waals surface area contributed by atoms with E-state index in [1.165, 1.54) is 12.1 Å². The SMILES string of the molecule is CC(C)(C)OC(=O)N[C@@H](CCCCNC(=O)OC(=O)c1ccccc1)C(=O)C=[N+]=[N-]. The third kappa shape index (κ3) is 10.1. The quantitative estimate of drug-likeness (QED) is 0.157. The number of carbonyl (C=O) groups excluding carboxylic acids is 4. The van der Waals surface area contributed by atoms with Gasteiger partial charge in [-0.25, -0.2) is 14.4 Å². The lowest BCUT2D eigenvalue weighted by Gasteiger charge is -2.22. The normalized spacial score (nSPS) is 11.4. The highest BCUT2D eigenvalue weighted by molar-refractivity contribution is 6.28. The largest absolute Gasteiger partial charge is 0.444 e. The van der Waals surface area contributed by atoms with Crippen LogP contribution in [0.1, 0.15) is 50.4 Å². The molecule has 1 aromatic rings. The zero-order valence-corrected chi connectivity index (χ0v) is 17.2. The second-order valence-corrected chi connectivity index (χ2v) is 7.31. The van der Waals surface area contributed by atoms with Crippen LogP contribution in [0.2, 0.25) is 0 Å². The van der Waals surface area contributed by atoms with Gasteiger partial charge in [-0.3, -0.25) is 4.79 Å². The fourth-order valence-electron chi connectivity index (χ4n) is 2.30. The molecular weight excluding hydrogens is 392 g/mol. The molecule has 1 atom stereocenters. The lowest BCUT2D eigenvalue weighted by Crippen LogP contribution is -2.44. The smallest absolute Gasteiger partial charge is 0.415 e. The molecule has 0 spiro atoms. The topological polar surface area (TPSA) is 147 Å². The highest BCUT2D eigenvalue weighted by Gasteiger charge is 2.25. The van der Waals surface area contributed by atoms with Crippen LogP contribution in [-0.2, 0) is 14.3 Å². The lowest BCUT2D eigenvalue weighted by atomic mass is 10.1. The van der Waals surface area contributed by atoms with Gasteiger partial charge in [-0.1, -0.05) is 18.2 Å². The number of hydrogen-bond acceptors (Lipinski definition) is 6. The molecule has 162 valence electrons. The van der Waals surface area contributed by atoms with E-state index in [0.717, 1.165) is 0 Å². The first-order chi connectivity index (χ1) is 14.1. The van der Waals surface area contributed by atoms with Crippen LogP contribution in [0.3, 0.4) is 0 Å². The molecule has 0 unspecified atom stereocenters. The van der Waals surface area contributed by atoms with Crippen molar-refractivity contribution in [1.29, 1.82) is 0 Å². The molecule has 0 aliphatic carbocycles. The fraction of sp³-hybridized carbons (Fsp3) is 0.450. The summed E-state index contributed by atoms with van der Waals surface area (Å²) in [5.41, 5.74) is 8.07. The molecule has 10 nitrogen and oxygen atoms in total. The molecule has 1 rings (SSSR count). The number of benzene rings is 1. The van der Waals surface area contributed by atoms with Crippen LogP contribution >= 0.6 is 0 Å². The number of nitrogens with one attached hydrogen (secondary N) is 2. The monoisotopic (exact) mass is 418 g/mol. The fourth-order valence-corrected chi connectivity index (χ4v) is 2.30. The number of esters is 1. The Hall–Kier alpha value is -3.52. The summed E-state index contributed by atoms with van der Waals surface area (Å²) in [6.45, 7) is 5.26. The number of rotatable bonds is 9. The molecule has 2 N–H and O–H groups in total. The molecule has 0 fully saturated rings. The van der Waals surface area contributed by atoms with E-state index in [2.05, 4.69) is 20.2 Å². The van der Waals surface area contributed by atoms with Gasteiger partial charge in [-0.2, -0.15) is 4.79 Å². The Bertz CT molecular complexity index is 797. The number of amides is 2. The molecule has 10 heteroatoms. The molecule has 0 heterocycles. The van der Waals surface area contributed by atoms with Crippen molar-refractivity contribution >= 4 is 30.2 Å². The maximum Gasteiger partial charge on any atom is 0.415 e. The van der Waals surface area contributed by atoms with Crippen LogP contribution in [0.15, 0.2) is 30.3 Å². The summed E-state index contributed by atoms with van der Waals surface area (Å²) in [4.78, 5) is 50.0. The van der Waals surface area contributed by atoms with E-state index in [0.29, 0.717) is 19.1 Å². The number of ether oxygens (including phenoxy) is 2. The summed E-state index contributed by atoms with van der Waals surface area (Å²) in [5.74, 6) is -1.35. The van der Waals surface area contributed by atoms with E-state index >= 15 is 0 Å². The number of unbranched alkanes of at least 4 members (excludes halogenated alkanes) is 1. The average molecular weight is 418 g/mol. The maximum absolute atomic E-state index is 12.0. The molecule has 0 bridgehead atoms. The second-order valence-electron chi connectivity index (χ2n) is 7.31. The van der Waals surface area contributed by atoms with Crippen molar-refractivity contribution in [2.45, 2.75) is 51.7 Å². The molecular formula is C20H26N4O6. The Morgan fingerprint density at radius 2 is 1.77 bits per heavy atom. The van der Waals surface area contributed by atoms with Crippen LogP contribution in [0.5, 0.6) is 0 Å². The summed E-state index contributed by atoms with van der Waals surface area (Å²) in [5, 5.41) is 4.87.